The number of aromatic nitrogens is 4. The Morgan fingerprint density at radius 1 is 0.970 bits per heavy atom. The average molecular weight is 463 g/mol. The highest BCUT2D eigenvalue weighted by atomic mass is 35.5. The van der Waals surface area contributed by atoms with Gasteiger partial charge in [0.05, 0.1) is 12.8 Å². The van der Waals surface area contributed by atoms with Crippen LogP contribution >= 0.6 is 11.6 Å². The normalized spacial score (nSPS) is 10.5. The van der Waals surface area contributed by atoms with Crippen molar-refractivity contribution in [3.05, 3.63) is 83.4 Å². The molecule has 0 atom stereocenters. The summed E-state index contributed by atoms with van der Waals surface area (Å²) in [4.78, 5) is 26.1. The predicted octanol–water partition coefficient (Wildman–Crippen LogP) is 3.89. The van der Waals surface area contributed by atoms with E-state index in [1.165, 1.54) is 4.80 Å². The molecule has 0 bridgehead atoms. The van der Waals surface area contributed by atoms with Crippen LogP contribution in [0.1, 0.15) is 10.4 Å². The van der Waals surface area contributed by atoms with Crippen molar-refractivity contribution in [2.45, 2.75) is 6.54 Å². The molecule has 3 aromatic carbocycles. The molecule has 2 amide bonds. The number of benzene rings is 3. The summed E-state index contributed by atoms with van der Waals surface area (Å²) in [6.07, 6.45) is 0. The molecule has 0 aliphatic heterocycles. The number of para-hydroxylation sites is 1. The molecule has 4 rings (SSSR count). The summed E-state index contributed by atoms with van der Waals surface area (Å²) in [5.41, 5.74) is 2.17. The van der Waals surface area contributed by atoms with Gasteiger partial charge >= 0.3 is 0 Å². The molecule has 0 saturated carbocycles. The summed E-state index contributed by atoms with van der Waals surface area (Å²) in [6, 6.07) is 20.6. The van der Waals surface area contributed by atoms with E-state index in [2.05, 4.69) is 26.0 Å². The summed E-state index contributed by atoms with van der Waals surface area (Å²) in [7, 11) is 1.57. The second-order valence-electron chi connectivity index (χ2n) is 6.93. The van der Waals surface area contributed by atoms with E-state index >= 15 is 0 Å². The molecule has 0 aliphatic carbocycles. The first kappa shape index (κ1) is 22.0. The monoisotopic (exact) mass is 462 g/mol. The maximum Gasteiger partial charge on any atom is 0.255 e. The number of rotatable bonds is 7. The quantitative estimate of drug-likeness (QED) is 0.431. The number of halogens is 1. The third-order valence-corrected chi connectivity index (χ3v) is 4.89. The highest BCUT2D eigenvalue weighted by Gasteiger charge is 2.15. The van der Waals surface area contributed by atoms with Crippen molar-refractivity contribution >= 4 is 34.8 Å². The van der Waals surface area contributed by atoms with Crippen LogP contribution in [0.15, 0.2) is 72.8 Å². The first-order valence-electron chi connectivity index (χ1n) is 9.90. The summed E-state index contributed by atoms with van der Waals surface area (Å²) in [6.45, 7) is -0.127. The molecule has 0 saturated heterocycles. The Bertz CT molecular complexity index is 1270. The van der Waals surface area contributed by atoms with Gasteiger partial charge < -0.3 is 15.4 Å². The molecular weight excluding hydrogens is 444 g/mol. The third kappa shape index (κ3) is 5.52. The van der Waals surface area contributed by atoms with E-state index in [0.29, 0.717) is 33.3 Å². The summed E-state index contributed by atoms with van der Waals surface area (Å²) in [5, 5.41) is 18.4. The van der Waals surface area contributed by atoms with Crippen LogP contribution < -0.4 is 15.4 Å². The van der Waals surface area contributed by atoms with Crippen molar-refractivity contribution in [3.8, 4) is 17.1 Å². The number of methoxy groups -OCH3 is 1. The molecule has 4 aromatic rings. The van der Waals surface area contributed by atoms with Gasteiger partial charge in [-0.05, 0) is 65.9 Å². The highest BCUT2D eigenvalue weighted by Crippen LogP contribution is 2.25. The molecule has 166 valence electrons. The minimum atomic E-state index is -0.312. The molecule has 0 unspecified atom stereocenters. The first-order valence-corrected chi connectivity index (χ1v) is 10.3. The Balaban J connectivity index is 1.45. The van der Waals surface area contributed by atoms with Gasteiger partial charge in [0.1, 0.15) is 12.3 Å². The molecule has 10 heteroatoms. The van der Waals surface area contributed by atoms with E-state index in [4.69, 9.17) is 16.3 Å². The number of nitrogens with one attached hydrogen (secondary N) is 2. The van der Waals surface area contributed by atoms with Gasteiger partial charge in [0.25, 0.3) is 5.91 Å². The SMILES string of the molecule is COc1ccc(NC(=O)Cn2nnc(-c3ccccc3NC(=O)c3ccc(Cl)cc3)n2)cc1. The van der Waals surface area contributed by atoms with E-state index < -0.39 is 0 Å². The van der Waals surface area contributed by atoms with Gasteiger partial charge in [0, 0.05) is 21.8 Å². The van der Waals surface area contributed by atoms with Crippen molar-refractivity contribution in [3.63, 3.8) is 0 Å². The fourth-order valence-electron chi connectivity index (χ4n) is 3.00. The highest BCUT2D eigenvalue weighted by molar-refractivity contribution is 6.30. The van der Waals surface area contributed by atoms with E-state index in [1.807, 2.05) is 0 Å². The number of tetrazole rings is 1. The van der Waals surface area contributed by atoms with Crippen molar-refractivity contribution in [2.24, 2.45) is 0 Å². The van der Waals surface area contributed by atoms with E-state index in [-0.39, 0.29) is 24.2 Å². The average Bonchev–Trinajstić information content (AvgIpc) is 3.28. The molecule has 2 N–H and O–H groups in total. The van der Waals surface area contributed by atoms with Crippen LogP contribution in [0.2, 0.25) is 5.02 Å². The maximum absolute atomic E-state index is 12.6. The zero-order valence-corrected chi connectivity index (χ0v) is 18.3. The third-order valence-electron chi connectivity index (χ3n) is 4.63. The number of hydrogen-bond donors (Lipinski definition) is 2. The van der Waals surface area contributed by atoms with E-state index in [1.54, 1.807) is 79.9 Å². The summed E-state index contributed by atoms with van der Waals surface area (Å²) < 4.78 is 5.10. The number of carbonyl (C=O) groups is 2. The van der Waals surface area contributed by atoms with Crippen molar-refractivity contribution in [1.82, 2.24) is 20.2 Å². The van der Waals surface area contributed by atoms with Crippen LogP contribution in [0, 0.1) is 0 Å². The zero-order chi connectivity index (χ0) is 23.2. The number of amides is 2. The topological polar surface area (TPSA) is 111 Å². The van der Waals surface area contributed by atoms with Crippen LogP contribution in [-0.2, 0) is 11.3 Å². The smallest absolute Gasteiger partial charge is 0.255 e. The van der Waals surface area contributed by atoms with Crippen LogP contribution in [0.25, 0.3) is 11.4 Å². The number of hydrogen-bond acceptors (Lipinski definition) is 6. The fourth-order valence-corrected chi connectivity index (χ4v) is 3.13. The summed E-state index contributed by atoms with van der Waals surface area (Å²) >= 11 is 5.89. The molecule has 0 spiro atoms. The molecule has 33 heavy (non-hydrogen) atoms. The Morgan fingerprint density at radius 2 is 1.70 bits per heavy atom. The molecule has 9 nitrogen and oxygen atoms in total. The van der Waals surface area contributed by atoms with E-state index in [9.17, 15) is 9.59 Å². The van der Waals surface area contributed by atoms with Crippen molar-refractivity contribution in [2.75, 3.05) is 17.7 Å². The Kier molecular flexibility index (Phi) is 6.61. The van der Waals surface area contributed by atoms with Crippen LogP contribution in [0.5, 0.6) is 5.75 Å². The lowest BCUT2D eigenvalue weighted by atomic mass is 10.1. The van der Waals surface area contributed by atoms with Crippen LogP contribution in [0.3, 0.4) is 0 Å². The zero-order valence-electron chi connectivity index (χ0n) is 17.5. The standard InChI is InChI=1S/C23H19ClN6O3/c1-33-18-12-10-17(11-13-18)25-21(31)14-30-28-22(27-29-30)19-4-2-3-5-20(19)26-23(32)15-6-8-16(24)9-7-15/h2-13H,14H2,1H3,(H,25,31)(H,26,32). The van der Waals surface area contributed by atoms with Gasteiger partial charge in [-0.25, -0.2) is 0 Å². The molecule has 0 aliphatic rings. The van der Waals surface area contributed by atoms with Crippen LogP contribution in [0.4, 0.5) is 11.4 Å². The largest absolute Gasteiger partial charge is 0.497 e. The van der Waals surface area contributed by atoms with Gasteiger partial charge in [0.2, 0.25) is 11.7 Å². The molecule has 0 radical (unpaired) electrons. The van der Waals surface area contributed by atoms with E-state index in [0.717, 1.165) is 0 Å². The van der Waals surface area contributed by atoms with Crippen LogP contribution in [-0.4, -0.2) is 39.1 Å². The lowest BCUT2D eigenvalue weighted by molar-refractivity contribution is -0.117. The molecule has 1 heterocycles. The lowest BCUT2D eigenvalue weighted by Crippen LogP contribution is -2.20. The first-order chi connectivity index (χ1) is 16.0. The van der Waals surface area contributed by atoms with Gasteiger partial charge in [-0.3, -0.25) is 9.59 Å². The fraction of sp³-hybridized carbons (Fsp3) is 0.0870. The minimum absolute atomic E-state index is 0.127. The number of ether oxygens (including phenoxy) is 1. The van der Waals surface area contributed by atoms with Crippen molar-refractivity contribution < 1.29 is 14.3 Å². The number of carbonyl (C=O) groups excluding carboxylic acids is 2. The second kappa shape index (κ2) is 9.92. The van der Waals surface area contributed by atoms with Crippen molar-refractivity contribution in [1.29, 1.82) is 0 Å². The molecular formula is C23H19ClN6O3. The van der Waals surface area contributed by atoms with Gasteiger partial charge in [-0.15, -0.1) is 10.2 Å². The Morgan fingerprint density at radius 3 is 2.42 bits per heavy atom. The lowest BCUT2D eigenvalue weighted by Gasteiger charge is -2.09. The van der Waals surface area contributed by atoms with Gasteiger partial charge in [-0.1, -0.05) is 23.7 Å². The minimum Gasteiger partial charge on any atom is -0.497 e. The number of anilines is 2. The Labute approximate surface area is 194 Å². The van der Waals surface area contributed by atoms with Gasteiger partial charge in [-0.2, -0.15) is 4.80 Å². The number of nitrogens with zero attached hydrogens (tertiary/aromatic N) is 4. The maximum atomic E-state index is 12.6. The van der Waals surface area contributed by atoms with Gasteiger partial charge in [0.15, 0.2) is 0 Å². The Hall–Kier alpha value is -4.24. The second-order valence-corrected chi connectivity index (χ2v) is 7.36. The molecule has 1 aromatic heterocycles. The summed E-state index contributed by atoms with van der Waals surface area (Å²) in [5.74, 6) is 0.357. The molecule has 0 fully saturated rings. The predicted molar refractivity (Wildman–Crippen MR) is 124 cm³/mol.